The SMILES string of the molecule is Cc1ccc2c(c1)Cc1cc(OI)ccc1-2. The average Bonchev–Trinajstić information content (AvgIpc) is 2.64. The predicted molar refractivity (Wildman–Crippen MR) is 74.1 cm³/mol. The molecule has 0 aliphatic heterocycles. The monoisotopic (exact) mass is 322 g/mol. The smallest absolute Gasteiger partial charge is 0.192 e. The minimum atomic E-state index is 0.934. The zero-order chi connectivity index (χ0) is 11.1. The van der Waals surface area contributed by atoms with E-state index in [1.807, 2.05) is 29.1 Å². The maximum absolute atomic E-state index is 5.23. The number of hydrogen-bond acceptors (Lipinski definition) is 1. The van der Waals surface area contributed by atoms with Crippen molar-refractivity contribution in [2.45, 2.75) is 13.3 Å². The van der Waals surface area contributed by atoms with Crippen molar-refractivity contribution in [3.63, 3.8) is 0 Å². The van der Waals surface area contributed by atoms with Gasteiger partial charge >= 0.3 is 0 Å². The summed E-state index contributed by atoms with van der Waals surface area (Å²) < 4.78 is 5.23. The van der Waals surface area contributed by atoms with Crippen molar-refractivity contribution in [1.29, 1.82) is 0 Å². The lowest BCUT2D eigenvalue weighted by Crippen LogP contribution is -1.82. The summed E-state index contributed by atoms with van der Waals surface area (Å²) in [7, 11) is 0. The molecular formula is C14H11IO. The van der Waals surface area contributed by atoms with Gasteiger partial charge in [0.05, 0.1) is 0 Å². The Morgan fingerprint density at radius 1 is 1.00 bits per heavy atom. The van der Waals surface area contributed by atoms with Gasteiger partial charge in [-0.1, -0.05) is 29.8 Å². The molecule has 1 aliphatic rings. The van der Waals surface area contributed by atoms with Crippen LogP contribution in [0.2, 0.25) is 0 Å². The summed E-state index contributed by atoms with van der Waals surface area (Å²) in [5.41, 5.74) is 6.86. The molecule has 2 heteroatoms. The summed E-state index contributed by atoms with van der Waals surface area (Å²) in [6.07, 6.45) is 1.03. The van der Waals surface area contributed by atoms with E-state index in [4.69, 9.17) is 3.07 Å². The van der Waals surface area contributed by atoms with Gasteiger partial charge in [-0.3, -0.25) is 0 Å². The fraction of sp³-hybridized carbons (Fsp3) is 0.143. The quantitative estimate of drug-likeness (QED) is 0.607. The van der Waals surface area contributed by atoms with Gasteiger partial charge in [0.15, 0.2) is 23.0 Å². The number of hydrogen-bond donors (Lipinski definition) is 0. The molecule has 3 rings (SSSR count). The molecule has 0 fully saturated rings. The van der Waals surface area contributed by atoms with Gasteiger partial charge < -0.3 is 3.07 Å². The van der Waals surface area contributed by atoms with Gasteiger partial charge in [-0.25, -0.2) is 0 Å². The molecule has 0 N–H and O–H groups in total. The van der Waals surface area contributed by atoms with Gasteiger partial charge in [-0.15, -0.1) is 0 Å². The Labute approximate surface area is 109 Å². The van der Waals surface area contributed by atoms with Crippen molar-refractivity contribution in [2.24, 2.45) is 0 Å². The molecule has 0 spiro atoms. The molecule has 0 saturated carbocycles. The van der Waals surface area contributed by atoms with Gasteiger partial charge in [-0.05, 0) is 47.7 Å². The normalized spacial score (nSPS) is 12.1. The van der Waals surface area contributed by atoms with Crippen LogP contribution >= 0.6 is 23.0 Å². The van der Waals surface area contributed by atoms with Crippen molar-refractivity contribution < 1.29 is 3.07 Å². The largest absolute Gasteiger partial charge is 0.428 e. The van der Waals surface area contributed by atoms with E-state index in [0.29, 0.717) is 0 Å². The number of aryl methyl sites for hydroxylation is 1. The zero-order valence-corrected chi connectivity index (χ0v) is 11.1. The van der Waals surface area contributed by atoms with Crippen molar-refractivity contribution >= 4 is 23.0 Å². The summed E-state index contributed by atoms with van der Waals surface area (Å²) >= 11 is 1.92. The van der Waals surface area contributed by atoms with Crippen LogP contribution in [-0.4, -0.2) is 0 Å². The lowest BCUT2D eigenvalue weighted by Gasteiger charge is -2.02. The molecule has 0 heterocycles. The number of halogens is 1. The minimum absolute atomic E-state index is 0.934. The van der Waals surface area contributed by atoms with Gasteiger partial charge in [0.25, 0.3) is 0 Å². The third-order valence-electron chi connectivity index (χ3n) is 3.10. The van der Waals surface area contributed by atoms with Crippen LogP contribution in [0.3, 0.4) is 0 Å². The van der Waals surface area contributed by atoms with Crippen LogP contribution in [0.5, 0.6) is 5.75 Å². The van der Waals surface area contributed by atoms with Gasteiger partial charge in [0.2, 0.25) is 0 Å². The fourth-order valence-electron chi connectivity index (χ4n) is 2.36. The molecule has 0 saturated heterocycles. The van der Waals surface area contributed by atoms with Crippen LogP contribution in [-0.2, 0) is 6.42 Å². The topological polar surface area (TPSA) is 9.23 Å². The van der Waals surface area contributed by atoms with Crippen LogP contribution < -0.4 is 3.07 Å². The Morgan fingerprint density at radius 3 is 2.44 bits per heavy atom. The molecule has 2 aromatic rings. The van der Waals surface area contributed by atoms with Crippen molar-refractivity contribution in [3.8, 4) is 16.9 Å². The third kappa shape index (κ3) is 1.52. The number of rotatable bonds is 1. The molecule has 0 bridgehead atoms. The zero-order valence-electron chi connectivity index (χ0n) is 8.96. The Kier molecular flexibility index (Phi) is 2.39. The van der Waals surface area contributed by atoms with E-state index in [9.17, 15) is 0 Å². The molecule has 2 aromatic carbocycles. The highest BCUT2D eigenvalue weighted by Crippen LogP contribution is 2.38. The first-order valence-electron chi connectivity index (χ1n) is 5.29. The Morgan fingerprint density at radius 2 is 1.69 bits per heavy atom. The molecule has 16 heavy (non-hydrogen) atoms. The van der Waals surface area contributed by atoms with Crippen LogP contribution in [0.4, 0.5) is 0 Å². The van der Waals surface area contributed by atoms with E-state index >= 15 is 0 Å². The van der Waals surface area contributed by atoms with Crippen LogP contribution in [0.15, 0.2) is 36.4 Å². The highest BCUT2D eigenvalue weighted by atomic mass is 127. The molecule has 0 aromatic heterocycles. The standard InChI is InChI=1S/C14H11IO/c1-9-2-4-13-10(6-9)7-11-8-12(16-15)3-5-14(11)13/h2-6,8H,7H2,1H3. The highest BCUT2D eigenvalue weighted by molar-refractivity contribution is 14.1. The fourth-order valence-corrected chi connectivity index (χ4v) is 2.64. The summed E-state index contributed by atoms with van der Waals surface area (Å²) in [5, 5.41) is 0. The molecule has 0 radical (unpaired) electrons. The first-order chi connectivity index (χ1) is 7.78. The maximum atomic E-state index is 5.23. The molecule has 0 amide bonds. The Hall–Kier alpha value is -1.03. The second-order valence-corrected chi connectivity index (χ2v) is 4.67. The van der Waals surface area contributed by atoms with Gasteiger partial charge in [0.1, 0.15) is 5.75 Å². The van der Waals surface area contributed by atoms with Crippen LogP contribution in [0, 0.1) is 6.92 Å². The van der Waals surface area contributed by atoms with Crippen molar-refractivity contribution in [1.82, 2.24) is 0 Å². The van der Waals surface area contributed by atoms with E-state index in [2.05, 4.69) is 37.3 Å². The summed E-state index contributed by atoms with van der Waals surface area (Å²) in [6.45, 7) is 2.14. The lowest BCUT2D eigenvalue weighted by molar-refractivity contribution is 0.716. The second kappa shape index (κ2) is 3.77. The first-order valence-corrected chi connectivity index (χ1v) is 6.17. The third-order valence-corrected chi connectivity index (χ3v) is 3.61. The molecule has 1 nitrogen and oxygen atoms in total. The molecule has 0 unspecified atom stereocenters. The van der Waals surface area contributed by atoms with E-state index < -0.39 is 0 Å². The molecule has 80 valence electrons. The highest BCUT2D eigenvalue weighted by Gasteiger charge is 2.18. The van der Waals surface area contributed by atoms with Gasteiger partial charge in [-0.2, -0.15) is 0 Å². The Bertz CT molecular complexity index is 561. The van der Waals surface area contributed by atoms with Crippen LogP contribution in [0.25, 0.3) is 11.1 Å². The van der Waals surface area contributed by atoms with Crippen LogP contribution in [0.1, 0.15) is 16.7 Å². The molecule has 1 aliphatic carbocycles. The number of fused-ring (bicyclic) bond motifs is 3. The Balaban J connectivity index is 2.16. The van der Waals surface area contributed by atoms with E-state index in [1.54, 1.807) is 0 Å². The predicted octanol–water partition coefficient (Wildman–Crippen LogP) is 4.30. The second-order valence-electron chi connectivity index (χ2n) is 4.23. The molecular weight excluding hydrogens is 311 g/mol. The maximum Gasteiger partial charge on any atom is 0.192 e. The average molecular weight is 322 g/mol. The van der Waals surface area contributed by atoms with Crippen molar-refractivity contribution in [2.75, 3.05) is 0 Å². The minimum Gasteiger partial charge on any atom is -0.428 e. The lowest BCUT2D eigenvalue weighted by atomic mass is 10.0. The van der Waals surface area contributed by atoms with Gasteiger partial charge in [0, 0.05) is 0 Å². The summed E-state index contributed by atoms with van der Waals surface area (Å²) in [4.78, 5) is 0. The summed E-state index contributed by atoms with van der Waals surface area (Å²) in [5.74, 6) is 0.934. The van der Waals surface area contributed by atoms with Crippen molar-refractivity contribution in [3.05, 3.63) is 53.1 Å². The van der Waals surface area contributed by atoms with E-state index in [0.717, 1.165) is 12.2 Å². The van der Waals surface area contributed by atoms with E-state index in [1.165, 1.54) is 27.8 Å². The first kappa shape index (κ1) is 10.1. The van der Waals surface area contributed by atoms with E-state index in [-0.39, 0.29) is 0 Å². The molecule has 0 atom stereocenters. The number of benzene rings is 2. The summed E-state index contributed by atoms with van der Waals surface area (Å²) in [6, 6.07) is 13.0.